The number of methoxy groups -OCH3 is 2. The Labute approximate surface area is 214 Å². The summed E-state index contributed by atoms with van der Waals surface area (Å²) >= 11 is 0. The first-order chi connectivity index (χ1) is 16.7. The van der Waals surface area contributed by atoms with E-state index >= 15 is 0 Å². The van der Waals surface area contributed by atoms with Crippen molar-refractivity contribution in [2.24, 2.45) is 38.9 Å². The van der Waals surface area contributed by atoms with Gasteiger partial charge in [0.2, 0.25) is 0 Å². The van der Waals surface area contributed by atoms with Gasteiger partial charge in [-0.2, -0.15) is 0 Å². The van der Waals surface area contributed by atoms with Gasteiger partial charge in [-0.1, -0.05) is 32.4 Å². The van der Waals surface area contributed by atoms with E-state index in [1.165, 1.54) is 21.1 Å². The summed E-state index contributed by atoms with van der Waals surface area (Å²) in [5.74, 6) is -1.15. The van der Waals surface area contributed by atoms with Crippen LogP contribution in [0.1, 0.15) is 74.1 Å². The molecule has 7 heteroatoms. The summed E-state index contributed by atoms with van der Waals surface area (Å²) in [6.45, 7) is 13.1. The molecule has 0 amide bonds. The van der Waals surface area contributed by atoms with Crippen molar-refractivity contribution >= 4 is 24.0 Å². The second kappa shape index (κ2) is 8.03. The molecule has 2 fully saturated rings. The number of fused-ring (bicyclic) bond motifs is 5. The lowest BCUT2D eigenvalue weighted by Gasteiger charge is -2.68. The van der Waals surface area contributed by atoms with Gasteiger partial charge in [0.1, 0.15) is 18.1 Å². The Morgan fingerprint density at radius 1 is 1.06 bits per heavy atom. The number of hydrogen-bond donors (Lipinski definition) is 0. The average Bonchev–Trinajstić information content (AvgIpc) is 3.00. The molecule has 4 aliphatic rings. The summed E-state index contributed by atoms with van der Waals surface area (Å²) in [4.78, 5) is 53.3. The zero-order chi connectivity index (χ0) is 27.1. The standard InChI is InChI=1S/C29H40O7/c1-16-14-20-26(6,29(24(33)35-9)22(32)17(2)23(34-8)27(16,29)7)12-10-19-25(4,5)21(36-18(3)31)11-13-28(19,20)15-30/h14-15,19-21H,10-13H2,1-9H3. The number of esters is 2. The minimum Gasteiger partial charge on any atom is -0.500 e. The van der Waals surface area contributed by atoms with Crippen LogP contribution >= 0.6 is 0 Å². The molecule has 7 atom stereocenters. The average molecular weight is 501 g/mol. The maximum atomic E-state index is 14.3. The van der Waals surface area contributed by atoms with Crippen LogP contribution in [0.2, 0.25) is 0 Å². The largest absolute Gasteiger partial charge is 0.500 e. The number of carbonyl (C=O) groups is 4. The molecule has 4 rings (SSSR count). The summed E-state index contributed by atoms with van der Waals surface area (Å²) in [5.41, 5.74) is -3.48. The zero-order valence-electron chi connectivity index (χ0n) is 23.1. The van der Waals surface area contributed by atoms with Gasteiger partial charge in [-0.15, -0.1) is 0 Å². The molecule has 0 bridgehead atoms. The molecule has 4 aliphatic carbocycles. The van der Waals surface area contributed by atoms with Gasteiger partial charge in [0, 0.05) is 23.3 Å². The zero-order valence-corrected chi connectivity index (χ0v) is 23.1. The molecule has 36 heavy (non-hydrogen) atoms. The molecule has 0 aromatic heterocycles. The van der Waals surface area contributed by atoms with E-state index in [1.807, 2.05) is 20.8 Å². The molecular weight excluding hydrogens is 460 g/mol. The van der Waals surface area contributed by atoms with Crippen molar-refractivity contribution in [1.82, 2.24) is 0 Å². The molecule has 0 radical (unpaired) electrons. The summed E-state index contributed by atoms with van der Waals surface area (Å²) in [7, 11) is 2.86. The molecule has 198 valence electrons. The quantitative estimate of drug-likeness (QED) is 0.241. The fourth-order valence-corrected chi connectivity index (χ4v) is 9.35. The monoisotopic (exact) mass is 500 g/mol. The number of Topliss-reactive ketones (excluding diaryl/α,β-unsaturated/α-hetero) is 1. The molecule has 0 heterocycles. The number of ketones is 1. The normalized spacial score (nSPS) is 43.0. The van der Waals surface area contributed by atoms with Crippen LogP contribution in [-0.4, -0.2) is 44.3 Å². The summed E-state index contributed by atoms with van der Waals surface area (Å²) in [6, 6.07) is 0. The number of hydrogen-bond acceptors (Lipinski definition) is 7. The lowest BCUT2D eigenvalue weighted by atomic mass is 9.33. The van der Waals surface area contributed by atoms with Gasteiger partial charge in [-0.3, -0.25) is 14.4 Å². The summed E-state index contributed by atoms with van der Waals surface area (Å²) in [5, 5.41) is 0. The van der Waals surface area contributed by atoms with Crippen molar-refractivity contribution in [2.75, 3.05) is 14.2 Å². The smallest absolute Gasteiger partial charge is 0.321 e. The van der Waals surface area contributed by atoms with Gasteiger partial charge >= 0.3 is 11.9 Å². The van der Waals surface area contributed by atoms with E-state index < -0.39 is 33.0 Å². The predicted molar refractivity (Wildman–Crippen MR) is 132 cm³/mol. The second-order valence-corrected chi connectivity index (χ2v) is 12.4. The molecule has 0 saturated heterocycles. The fourth-order valence-electron chi connectivity index (χ4n) is 9.35. The fraction of sp³-hybridized carbons (Fsp3) is 0.724. The van der Waals surface area contributed by atoms with Crippen LogP contribution in [0.25, 0.3) is 0 Å². The number of aldehydes is 1. The molecule has 0 aliphatic heterocycles. The number of rotatable bonds is 4. The Balaban J connectivity index is 2.00. The van der Waals surface area contributed by atoms with Gasteiger partial charge in [0.05, 0.1) is 19.6 Å². The molecule has 7 nitrogen and oxygen atoms in total. The van der Waals surface area contributed by atoms with E-state index in [-0.39, 0.29) is 29.7 Å². The van der Waals surface area contributed by atoms with E-state index in [2.05, 4.69) is 19.9 Å². The van der Waals surface area contributed by atoms with E-state index in [0.29, 0.717) is 37.0 Å². The van der Waals surface area contributed by atoms with Crippen LogP contribution in [0, 0.1) is 38.9 Å². The highest BCUT2D eigenvalue weighted by Gasteiger charge is 2.81. The Morgan fingerprint density at radius 3 is 2.22 bits per heavy atom. The maximum absolute atomic E-state index is 14.3. The molecular formula is C29H40O7. The topological polar surface area (TPSA) is 96.0 Å². The molecule has 2 saturated carbocycles. The minimum absolute atomic E-state index is 0.0887. The first-order valence-electron chi connectivity index (χ1n) is 12.9. The van der Waals surface area contributed by atoms with Crippen LogP contribution in [0.15, 0.2) is 23.0 Å². The Morgan fingerprint density at radius 2 is 1.69 bits per heavy atom. The van der Waals surface area contributed by atoms with Gasteiger partial charge in [0.15, 0.2) is 11.2 Å². The van der Waals surface area contributed by atoms with Crippen molar-refractivity contribution in [3.8, 4) is 0 Å². The highest BCUT2D eigenvalue weighted by Crippen LogP contribution is 2.77. The number of carbonyl (C=O) groups excluding carboxylic acids is 4. The molecule has 0 aromatic rings. The van der Waals surface area contributed by atoms with Gasteiger partial charge in [-0.05, 0) is 63.7 Å². The van der Waals surface area contributed by atoms with Crippen molar-refractivity contribution in [3.05, 3.63) is 23.0 Å². The van der Waals surface area contributed by atoms with E-state index in [1.54, 1.807) is 6.92 Å². The van der Waals surface area contributed by atoms with Crippen LogP contribution < -0.4 is 0 Å². The van der Waals surface area contributed by atoms with Crippen LogP contribution in [-0.2, 0) is 33.4 Å². The second-order valence-electron chi connectivity index (χ2n) is 12.4. The van der Waals surface area contributed by atoms with Gasteiger partial charge in [0.25, 0.3) is 0 Å². The van der Waals surface area contributed by atoms with Crippen LogP contribution in [0.5, 0.6) is 0 Å². The maximum Gasteiger partial charge on any atom is 0.321 e. The Kier molecular flexibility index (Phi) is 5.94. The predicted octanol–water partition coefficient (Wildman–Crippen LogP) is 4.58. The Bertz CT molecular complexity index is 1100. The third-order valence-electron chi connectivity index (χ3n) is 10.9. The highest BCUT2D eigenvalue weighted by molar-refractivity contribution is 6.17. The first kappa shape index (κ1) is 26.6. The minimum atomic E-state index is -1.55. The highest BCUT2D eigenvalue weighted by atomic mass is 16.5. The molecule has 0 spiro atoms. The van der Waals surface area contributed by atoms with E-state index in [0.717, 1.165) is 11.9 Å². The third kappa shape index (κ3) is 2.70. The van der Waals surface area contributed by atoms with Gasteiger partial charge < -0.3 is 19.0 Å². The summed E-state index contributed by atoms with van der Waals surface area (Å²) < 4.78 is 17.0. The SMILES string of the molecule is COC(=O)C12C(=O)C(C)=C(OC)C1(C)C(C)=CC1C3(C=O)CCC(OC(C)=O)C(C)(C)C3CCC12C. The van der Waals surface area contributed by atoms with E-state index in [4.69, 9.17) is 14.2 Å². The van der Waals surface area contributed by atoms with Crippen molar-refractivity contribution < 1.29 is 33.4 Å². The number of ether oxygens (including phenoxy) is 3. The van der Waals surface area contributed by atoms with Crippen molar-refractivity contribution in [1.29, 1.82) is 0 Å². The third-order valence-corrected chi connectivity index (χ3v) is 10.9. The molecule has 7 unspecified atom stereocenters. The van der Waals surface area contributed by atoms with Gasteiger partial charge in [-0.25, -0.2) is 0 Å². The summed E-state index contributed by atoms with van der Waals surface area (Å²) in [6.07, 6.45) is 5.11. The van der Waals surface area contributed by atoms with E-state index in [9.17, 15) is 19.2 Å². The lowest BCUT2D eigenvalue weighted by Crippen LogP contribution is -2.70. The van der Waals surface area contributed by atoms with Crippen LogP contribution in [0.3, 0.4) is 0 Å². The van der Waals surface area contributed by atoms with Crippen molar-refractivity contribution in [3.63, 3.8) is 0 Å². The first-order valence-corrected chi connectivity index (χ1v) is 12.9. The Hall–Kier alpha value is -2.44. The number of allylic oxidation sites excluding steroid dienone is 3. The molecule has 0 aromatic carbocycles. The van der Waals surface area contributed by atoms with Crippen LogP contribution in [0.4, 0.5) is 0 Å². The molecule has 0 N–H and O–H groups in total. The lowest BCUT2D eigenvalue weighted by molar-refractivity contribution is -0.217. The van der Waals surface area contributed by atoms with Crippen molar-refractivity contribution in [2.45, 2.75) is 80.3 Å².